The Morgan fingerprint density at radius 2 is 1.71 bits per heavy atom. The Labute approximate surface area is 209 Å². The van der Waals surface area contributed by atoms with Gasteiger partial charge in [-0.3, -0.25) is 0 Å². The summed E-state index contributed by atoms with van der Waals surface area (Å²) in [6.45, 7) is 3.51. The molecule has 0 saturated carbocycles. The van der Waals surface area contributed by atoms with Gasteiger partial charge in [0.15, 0.2) is 0 Å². The van der Waals surface area contributed by atoms with Gasteiger partial charge in [0.05, 0.1) is 23.4 Å². The summed E-state index contributed by atoms with van der Waals surface area (Å²) in [7, 11) is 0. The van der Waals surface area contributed by atoms with Gasteiger partial charge in [0.25, 0.3) is 0 Å². The number of ether oxygens (including phenoxy) is 2. The van der Waals surface area contributed by atoms with Gasteiger partial charge >= 0.3 is 5.97 Å². The average Bonchev–Trinajstić information content (AvgIpc) is 3.20. The molecule has 0 aliphatic rings. The lowest BCUT2D eigenvalue weighted by Crippen LogP contribution is -2.07. The highest BCUT2D eigenvalue weighted by Crippen LogP contribution is 2.36. The molecule has 0 N–H and O–H groups in total. The Hall–Kier alpha value is -3.52. The Bertz CT molecular complexity index is 1380. The van der Waals surface area contributed by atoms with Crippen LogP contribution in [0.1, 0.15) is 28.5 Å². The monoisotopic (exact) mass is 543 g/mol. The number of benzene rings is 3. The molecule has 0 bridgehead atoms. The molecule has 0 aliphatic heterocycles. The number of esters is 1. The van der Waals surface area contributed by atoms with Crippen molar-refractivity contribution in [1.29, 1.82) is 0 Å². The molecule has 0 radical (unpaired) electrons. The van der Waals surface area contributed by atoms with Crippen LogP contribution in [0.25, 0.3) is 16.9 Å². The lowest BCUT2D eigenvalue weighted by atomic mass is 10.1. The Kier molecular flexibility index (Phi) is 7.31. The van der Waals surface area contributed by atoms with Crippen LogP contribution in [0.2, 0.25) is 0 Å². The van der Waals surface area contributed by atoms with Gasteiger partial charge in [0.2, 0.25) is 0 Å². The van der Waals surface area contributed by atoms with Gasteiger partial charge in [-0.2, -0.15) is 0 Å². The van der Waals surface area contributed by atoms with E-state index < -0.39 is 30.0 Å². The number of carbonyl (C=O) groups excluding carboxylic acids is 1. The molecular weight excluding hydrogens is 523 g/mol. The zero-order chi connectivity index (χ0) is 25.1. The number of hydrogen-bond donors (Lipinski definition) is 0. The third-order valence-corrected chi connectivity index (χ3v) is 5.88. The van der Waals surface area contributed by atoms with E-state index in [0.29, 0.717) is 29.0 Å². The number of nitrogens with zero attached hydrogens (tertiary/aromatic N) is 1. The zero-order valence-electron chi connectivity index (χ0n) is 18.9. The molecule has 0 spiro atoms. The van der Waals surface area contributed by atoms with Crippen molar-refractivity contribution in [2.75, 3.05) is 6.61 Å². The summed E-state index contributed by atoms with van der Waals surface area (Å²) in [5.74, 6) is -3.08. The van der Waals surface area contributed by atoms with Gasteiger partial charge in [-0.25, -0.2) is 18.0 Å². The first kappa shape index (κ1) is 24.6. The number of aromatic nitrogens is 1. The molecule has 4 aromatic rings. The third kappa shape index (κ3) is 5.27. The summed E-state index contributed by atoms with van der Waals surface area (Å²) in [5.41, 5.74) is 3.05. The molecule has 0 fully saturated rings. The topological polar surface area (TPSA) is 40.5 Å². The second-order valence-electron chi connectivity index (χ2n) is 7.74. The second-order valence-corrected chi connectivity index (χ2v) is 8.66. The Balaban J connectivity index is 1.75. The van der Waals surface area contributed by atoms with Gasteiger partial charge in [-0.15, -0.1) is 0 Å². The number of rotatable bonds is 7. The maximum Gasteiger partial charge on any atom is 0.338 e. The van der Waals surface area contributed by atoms with Crippen molar-refractivity contribution >= 4 is 21.9 Å². The molecule has 0 amide bonds. The first-order chi connectivity index (χ1) is 16.8. The van der Waals surface area contributed by atoms with Crippen molar-refractivity contribution in [1.82, 2.24) is 4.57 Å². The van der Waals surface area contributed by atoms with Crippen LogP contribution in [0.4, 0.5) is 13.2 Å². The van der Waals surface area contributed by atoms with Crippen LogP contribution < -0.4 is 4.74 Å². The predicted molar refractivity (Wildman–Crippen MR) is 130 cm³/mol. The summed E-state index contributed by atoms with van der Waals surface area (Å²) in [6.07, 6.45) is 0. The van der Waals surface area contributed by atoms with Crippen LogP contribution >= 0.6 is 15.9 Å². The van der Waals surface area contributed by atoms with Crippen molar-refractivity contribution in [2.24, 2.45) is 0 Å². The molecule has 35 heavy (non-hydrogen) atoms. The fraction of sp³-hybridized carbons (Fsp3) is 0.148. The quantitative estimate of drug-likeness (QED) is 0.228. The van der Waals surface area contributed by atoms with Crippen LogP contribution in [0.3, 0.4) is 0 Å². The Morgan fingerprint density at radius 1 is 0.971 bits per heavy atom. The Morgan fingerprint density at radius 3 is 2.43 bits per heavy atom. The van der Waals surface area contributed by atoms with Gasteiger partial charge in [-0.05, 0) is 62.4 Å². The van der Waals surface area contributed by atoms with Crippen molar-refractivity contribution in [3.63, 3.8) is 0 Å². The minimum Gasteiger partial charge on any atom is -0.488 e. The lowest BCUT2D eigenvalue weighted by Gasteiger charge is -2.17. The zero-order valence-corrected chi connectivity index (χ0v) is 20.5. The predicted octanol–water partition coefficient (Wildman–Crippen LogP) is 7.39. The molecule has 1 heterocycles. The summed E-state index contributed by atoms with van der Waals surface area (Å²) < 4.78 is 55.2. The molecule has 3 aromatic carbocycles. The minimum atomic E-state index is -1.02. The molecule has 8 heteroatoms. The smallest absolute Gasteiger partial charge is 0.338 e. The molecular formula is C27H21BrF3NO3. The van der Waals surface area contributed by atoms with E-state index in [-0.39, 0.29) is 12.2 Å². The molecule has 0 aliphatic carbocycles. The van der Waals surface area contributed by atoms with Crippen molar-refractivity contribution in [3.05, 3.63) is 105 Å². The molecule has 4 nitrogen and oxygen atoms in total. The van der Waals surface area contributed by atoms with E-state index in [1.54, 1.807) is 37.3 Å². The maximum absolute atomic E-state index is 14.1. The van der Waals surface area contributed by atoms with E-state index in [1.165, 1.54) is 0 Å². The van der Waals surface area contributed by atoms with Gasteiger partial charge in [-0.1, -0.05) is 22.0 Å². The third-order valence-electron chi connectivity index (χ3n) is 5.39. The number of halogens is 4. The highest BCUT2D eigenvalue weighted by molar-refractivity contribution is 9.10. The van der Waals surface area contributed by atoms with E-state index in [0.717, 1.165) is 21.5 Å². The summed E-state index contributed by atoms with van der Waals surface area (Å²) in [5, 5.41) is 0. The summed E-state index contributed by atoms with van der Waals surface area (Å²) >= 11 is 3.47. The largest absolute Gasteiger partial charge is 0.488 e. The van der Waals surface area contributed by atoms with E-state index >= 15 is 0 Å². The van der Waals surface area contributed by atoms with Crippen LogP contribution in [-0.4, -0.2) is 17.1 Å². The average molecular weight is 544 g/mol. The minimum absolute atomic E-state index is 0.269. The van der Waals surface area contributed by atoms with Gasteiger partial charge < -0.3 is 14.0 Å². The first-order valence-corrected chi connectivity index (χ1v) is 11.6. The van der Waals surface area contributed by atoms with E-state index in [9.17, 15) is 18.0 Å². The maximum atomic E-state index is 14.1. The van der Waals surface area contributed by atoms with E-state index in [4.69, 9.17) is 9.47 Å². The highest BCUT2D eigenvalue weighted by Gasteiger charge is 2.18. The fourth-order valence-corrected chi connectivity index (χ4v) is 4.13. The van der Waals surface area contributed by atoms with Crippen molar-refractivity contribution in [2.45, 2.75) is 20.5 Å². The van der Waals surface area contributed by atoms with Crippen LogP contribution in [0.5, 0.6) is 5.75 Å². The van der Waals surface area contributed by atoms with Crippen molar-refractivity contribution < 1.29 is 27.4 Å². The lowest BCUT2D eigenvalue weighted by molar-refractivity contribution is 0.0526. The SMILES string of the molecule is CCOC(=O)c1cccc(-n2c(C)ccc2-c2cc(Br)ccc2OCc2c(F)cc(F)cc2F)c1. The molecule has 180 valence electrons. The van der Waals surface area contributed by atoms with E-state index in [2.05, 4.69) is 15.9 Å². The molecule has 1 aromatic heterocycles. The number of carbonyl (C=O) groups is 1. The van der Waals surface area contributed by atoms with Gasteiger partial charge in [0.1, 0.15) is 29.8 Å². The molecule has 0 unspecified atom stereocenters. The van der Waals surface area contributed by atoms with Crippen molar-refractivity contribution in [3.8, 4) is 22.7 Å². The van der Waals surface area contributed by atoms with Crippen LogP contribution in [0.15, 0.2) is 71.2 Å². The summed E-state index contributed by atoms with van der Waals surface area (Å²) in [4.78, 5) is 12.3. The molecule has 0 saturated heterocycles. The van der Waals surface area contributed by atoms with Crippen LogP contribution in [0, 0.1) is 24.4 Å². The first-order valence-electron chi connectivity index (χ1n) is 10.8. The van der Waals surface area contributed by atoms with Gasteiger partial charge in [0, 0.05) is 33.6 Å². The highest BCUT2D eigenvalue weighted by atomic mass is 79.9. The second kappa shape index (κ2) is 10.4. The fourth-order valence-electron chi connectivity index (χ4n) is 3.77. The van der Waals surface area contributed by atoms with E-state index in [1.807, 2.05) is 35.8 Å². The molecule has 4 rings (SSSR count). The van der Waals surface area contributed by atoms with Crippen LogP contribution in [-0.2, 0) is 11.3 Å². The summed E-state index contributed by atoms with van der Waals surface area (Å²) in [6, 6.07) is 17.3. The standard InChI is InChI=1S/C27H21BrF3NO3/c1-3-34-27(33)17-5-4-6-20(11-17)32-16(2)7-9-25(32)21-12-18(28)8-10-26(21)35-15-22-23(30)13-19(29)14-24(22)31/h4-14H,3,15H2,1-2H3. The number of aryl methyl sites for hydroxylation is 1. The molecule has 0 atom stereocenters. The normalized spacial score (nSPS) is 10.9. The number of hydrogen-bond acceptors (Lipinski definition) is 3.